The number of hydrogen-bond acceptors (Lipinski definition) is 4. The highest BCUT2D eigenvalue weighted by molar-refractivity contribution is 9.10. The van der Waals surface area contributed by atoms with Crippen LogP contribution >= 0.6 is 15.9 Å². The van der Waals surface area contributed by atoms with Gasteiger partial charge in [0.15, 0.2) is 0 Å². The van der Waals surface area contributed by atoms with Crippen molar-refractivity contribution in [2.45, 2.75) is 26.4 Å². The van der Waals surface area contributed by atoms with Gasteiger partial charge in [-0.25, -0.2) is 9.78 Å². The standard InChI is InChI=1S/C10H13BrN2O2/c1-10(2,3)15-9(14)6-4-5-7(11)13-8(6)12/h4-5H,1-3H3,(H2,12,13). The Morgan fingerprint density at radius 3 is 2.53 bits per heavy atom. The first-order chi connectivity index (χ1) is 6.79. The lowest BCUT2D eigenvalue weighted by Gasteiger charge is -2.19. The van der Waals surface area contributed by atoms with E-state index >= 15 is 0 Å². The fourth-order valence-electron chi connectivity index (χ4n) is 0.956. The van der Waals surface area contributed by atoms with Crippen LogP contribution in [-0.2, 0) is 4.74 Å². The Morgan fingerprint density at radius 1 is 1.47 bits per heavy atom. The van der Waals surface area contributed by atoms with Crippen molar-refractivity contribution in [3.05, 3.63) is 22.3 Å². The van der Waals surface area contributed by atoms with Crippen LogP contribution in [-0.4, -0.2) is 16.6 Å². The van der Waals surface area contributed by atoms with E-state index in [4.69, 9.17) is 10.5 Å². The van der Waals surface area contributed by atoms with Crippen molar-refractivity contribution in [3.8, 4) is 0 Å². The van der Waals surface area contributed by atoms with E-state index in [9.17, 15) is 4.79 Å². The Balaban J connectivity index is 2.92. The number of rotatable bonds is 1. The normalized spacial score (nSPS) is 11.2. The minimum atomic E-state index is -0.531. The van der Waals surface area contributed by atoms with E-state index in [1.54, 1.807) is 32.9 Å². The number of esters is 1. The van der Waals surface area contributed by atoms with E-state index < -0.39 is 11.6 Å². The number of ether oxygens (including phenoxy) is 1. The van der Waals surface area contributed by atoms with Crippen LogP contribution in [0.5, 0.6) is 0 Å². The molecule has 0 fully saturated rings. The SMILES string of the molecule is CC(C)(C)OC(=O)c1ccc(Br)nc1N. The minimum Gasteiger partial charge on any atom is -0.456 e. The molecule has 0 spiro atoms. The Labute approximate surface area is 97.0 Å². The van der Waals surface area contributed by atoms with Gasteiger partial charge in [-0.1, -0.05) is 0 Å². The lowest BCUT2D eigenvalue weighted by molar-refractivity contribution is 0.00704. The number of halogens is 1. The fraction of sp³-hybridized carbons (Fsp3) is 0.400. The maximum atomic E-state index is 11.6. The van der Waals surface area contributed by atoms with Crippen molar-refractivity contribution >= 4 is 27.7 Å². The highest BCUT2D eigenvalue weighted by Gasteiger charge is 2.20. The zero-order chi connectivity index (χ0) is 11.6. The molecule has 0 bridgehead atoms. The fourth-order valence-corrected chi connectivity index (χ4v) is 1.28. The van der Waals surface area contributed by atoms with E-state index in [0.29, 0.717) is 4.60 Å². The predicted molar refractivity (Wildman–Crippen MR) is 61.5 cm³/mol. The molecule has 0 saturated heterocycles. The zero-order valence-corrected chi connectivity index (χ0v) is 10.5. The van der Waals surface area contributed by atoms with Gasteiger partial charge >= 0.3 is 5.97 Å². The van der Waals surface area contributed by atoms with Gasteiger partial charge in [-0.3, -0.25) is 0 Å². The number of carbonyl (C=O) groups excluding carboxylic acids is 1. The third-order valence-corrected chi connectivity index (χ3v) is 1.95. The molecule has 0 aliphatic carbocycles. The van der Waals surface area contributed by atoms with Gasteiger partial charge in [0, 0.05) is 0 Å². The molecule has 15 heavy (non-hydrogen) atoms. The van der Waals surface area contributed by atoms with Crippen LogP contribution in [0.2, 0.25) is 0 Å². The van der Waals surface area contributed by atoms with E-state index in [1.165, 1.54) is 0 Å². The lowest BCUT2D eigenvalue weighted by Crippen LogP contribution is -2.24. The average molecular weight is 273 g/mol. The molecule has 0 radical (unpaired) electrons. The molecule has 1 rings (SSSR count). The first-order valence-electron chi connectivity index (χ1n) is 4.45. The number of pyridine rings is 1. The van der Waals surface area contributed by atoms with Crippen LogP contribution in [0.3, 0.4) is 0 Å². The van der Waals surface area contributed by atoms with Gasteiger partial charge in [0.1, 0.15) is 21.6 Å². The number of nitrogens with two attached hydrogens (primary N) is 1. The number of nitrogens with zero attached hydrogens (tertiary/aromatic N) is 1. The van der Waals surface area contributed by atoms with Crippen molar-refractivity contribution in [2.24, 2.45) is 0 Å². The van der Waals surface area contributed by atoms with Gasteiger partial charge in [-0.15, -0.1) is 0 Å². The van der Waals surface area contributed by atoms with Gasteiger partial charge in [-0.05, 0) is 48.8 Å². The first-order valence-corrected chi connectivity index (χ1v) is 5.24. The molecule has 1 heterocycles. The van der Waals surface area contributed by atoms with Crippen LogP contribution < -0.4 is 5.73 Å². The van der Waals surface area contributed by atoms with Crippen LogP contribution in [0, 0.1) is 0 Å². The number of carbonyl (C=O) groups is 1. The molecule has 0 amide bonds. The molecule has 4 nitrogen and oxygen atoms in total. The van der Waals surface area contributed by atoms with Crippen LogP contribution in [0.25, 0.3) is 0 Å². The summed E-state index contributed by atoms with van der Waals surface area (Å²) in [4.78, 5) is 15.6. The second-order valence-electron chi connectivity index (χ2n) is 4.07. The average Bonchev–Trinajstić information content (AvgIpc) is 1.99. The predicted octanol–water partition coefficient (Wildman–Crippen LogP) is 2.38. The van der Waals surface area contributed by atoms with E-state index in [-0.39, 0.29) is 11.4 Å². The molecule has 0 unspecified atom stereocenters. The topological polar surface area (TPSA) is 65.2 Å². The quantitative estimate of drug-likeness (QED) is 0.630. The van der Waals surface area contributed by atoms with Gasteiger partial charge in [-0.2, -0.15) is 0 Å². The van der Waals surface area contributed by atoms with Gasteiger partial charge in [0.25, 0.3) is 0 Å². The summed E-state index contributed by atoms with van der Waals surface area (Å²) in [6, 6.07) is 3.23. The third-order valence-electron chi connectivity index (χ3n) is 1.51. The molecule has 5 heteroatoms. The number of aromatic nitrogens is 1. The molecule has 1 aromatic heterocycles. The summed E-state index contributed by atoms with van der Waals surface area (Å²) in [5, 5.41) is 0. The first kappa shape index (κ1) is 12.0. The smallest absolute Gasteiger partial charge is 0.342 e. The Hall–Kier alpha value is -1.10. The maximum Gasteiger partial charge on any atom is 0.342 e. The molecule has 0 atom stereocenters. The molecular weight excluding hydrogens is 260 g/mol. The van der Waals surface area contributed by atoms with Crippen LogP contribution in [0.15, 0.2) is 16.7 Å². The van der Waals surface area contributed by atoms with Crippen LogP contribution in [0.1, 0.15) is 31.1 Å². The van der Waals surface area contributed by atoms with Gasteiger partial charge in [0.05, 0.1) is 0 Å². The second kappa shape index (κ2) is 4.18. The van der Waals surface area contributed by atoms with Gasteiger partial charge < -0.3 is 10.5 Å². The number of hydrogen-bond donors (Lipinski definition) is 1. The molecular formula is C10H13BrN2O2. The number of anilines is 1. The summed E-state index contributed by atoms with van der Waals surface area (Å²) in [6.07, 6.45) is 0. The summed E-state index contributed by atoms with van der Waals surface area (Å²) in [7, 11) is 0. The van der Waals surface area contributed by atoms with Crippen molar-refractivity contribution in [3.63, 3.8) is 0 Å². The molecule has 2 N–H and O–H groups in total. The van der Waals surface area contributed by atoms with E-state index in [0.717, 1.165) is 0 Å². The summed E-state index contributed by atoms with van der Waals surface area (Å²) < 4.78 is 5.76. The van der Waals surface area contributed by atoms with Gasteiger partial charge in [0.2, 0.25) is 0 Å². The zero-order valence-electron chi connectivity index (χ0n) is 8.87. The molecule has 82 valence electrons. The van der Waals surface area contributed by atoms with Crippen LogP contribution in [0.4, 0.5) is 5.82 Å². The monoisotopic (exact) mass is 272 g/mol. The Morgan fingerprint density at radius 2 is 2.07 bits per heavy atom. The summed E-state index contributed by atoms with van der Waals surface area (Å²) >= 11 is 3.16. The third kappa shape index (κ3) is 3.51. The number of nitrogen functional groups attached to an aromatic ring is 1. The van der Waals surface area contributed by atoms with Crippen molar-refractivity contribution < 1.29 is 9.53 Å². The van der Waals surface area contributed by atoms with Crippen molar-refractivity contribution in [2.75, 3.05) is 5.73 Å². The second-order valence-corrected chi connectivity index (χ2v) is 4.88. The summed E-state index contributed by atoms with van der Waals surface area (Å²) in [5.74, 6) is -0.293. The molecule has 0 aliphatic heterocycles. The Bertz CT molecular complexity index is 385. The highest BCUT2D eigenvalue weighted by atomic mass is 79.9. The van der Waals surface area contributed by atoms with E-state index in [1.807, 2.05) is 0 Å². The minimum absolute atomic E-state index is 0.165. The largest absolute Gasteiger partial charge is 0.456 e. The molecule has 0 aliphatic rings. The maximum absolute atomic E-state index is 11.6. The van der Waals surface area contributed by atoms with Crippen molar-refractivity contribution in [1.82, 2.24) is 4.98 Å². The summed E-state index contributed by atoms with van der Waals surface area (Å²) in [5.41, 5.74) is 5.35. The lowest BCUT2D eigenvalue weighted by atomic mass is 10.2. The summed E-state index contributed by atoms with van der Waals surface area (Å²) in [6.45, 7) is 5.40. The molecule has 1 aromatic rings. The Kier molecular flexibility index (Phi) is 3.34. The highest BCUT2D eigenvalue weighted by Crippen LogP contribution is 2.18. The van der Waals surface area contributed by atoms with E-state index in [2.05, 4.69) is 20.9 Å². The van der Waals surface area contributed by atoms with Crippen molar-refractivity contribution in [1.29, 1.82) is 0 Å². The molecule has 0 aromatic carbocycles. The molecule has 0 saturated carbocycles.